The van der Waals surface area contributed by atoms with Crippen LogP contribution in [0.1, 0.15) is 24.6 Å². The lowest BCUT2D eigenvalue weighted by atomic mass is 9.87. The van der Waals surface area contributed by atoms with Crippen LogP contribution in [0.15, 0.2) is 6.20 Å². The summed E-state index contributed by atoms with van der Waals surface area (Å²) in [5.41, 5.74) is -1.22. The Morgan fingerprint density at radius 2 is 2.05 bits per heavy atom. The van der Waals surface area contributed by atoms with E-state index < -0.39 is 30.2 Å². The molecule has 0 bridgehead atoms. The van der Waals surface area contributed by atoms with Gasteiger partial charge in [0.05, 0.1) is 6.20 Å². The fourth-order valence-corrected chi connectivity index (χ4v) is 2.50. The van der Waals surface area contributed by atoms with Crippen molar-refractivity contribution in [2.45, 2.75) is 38.5 Å². The molecule has 116 valence electrons. The van der Waals surface area contributed by atoms with E-state index in [1.54, 1.807) is 6.92 Å². The summed E-state index contributed by atoms with van der Waals surface area (Å²) in [6, 6.07) is -0.801. The minimum Gasteiger partial charge on any atom is -0.274 e. The molecule has 0 saturated carbocycles. The molecule has 1 aromatic rings. The van der Waals surface area contributed by atoms with E-state index in [0.29, 0.717) is 5.01 Å². The van der Waals surface area contributed by atoms with Crippen LogP contribution >= 0.6 is 0 Å². The third kappa shape index (κ3) is 2.24. The van der Waals surface area contributed by atoms with Crippen molar-refractivity contribution in [2.24, 2.45) is 5.84 Å². The first kappa shape index (κ1) is 15.3. The van der Waals surface area contributed by atoms with E-state index in [4.69, 9.17) is 5.84 Å². The molecule has 3 N–H and O–H groups in total. The van der Waals surface area contributed by atoms with Gasteiger partial charge in [0, 0.05) is 11.3 Å². The summed E-state index contributed by atoms with van der Waals surface area (Å²) < 4.78 is 38.1. The van der Waals surface area contributed by atoms with Gasteiger partial charge in [-0.1, -0.05) is 6.92 Å². The quantitative estimate of drug-likeness (QED) is 0.490. The minimum atomic E-state index is -4.44. The van der Waals surface area contributed by atoms with Crippen LogP contribution in [0.4, 0.5) is 18.0 Å². The second kappa shape index (κ2) is 4.72. The number of alkyl halides is 3. The molecular formula is C11H14F3N5O2. The van der Waals surface area contributed by atoms with Crippen molar-refractivity contribution in [1.82, 2.24) is 20.1 Å². The van der Waals surface area contributed by atoms with Gasteiger partial charge in [0.25, 0.3) is 5.91 Å². The fourth-order valence-electron chi connectivity index (χ4n) is 2.50. The van der Waals surface area contributed by atoms with Crippen molar-refractivity contribution in [3.05, 3.63) is 17.5 Å². The summed E-state index contributed by atoms with van der Waals surface area (Å²) in [5, 5.41) is 6.42. The van der Waals surface area contributed by atoms with E-state index in [1.165, 1.54) is 6.92 Å². The third-order valence-corrected chi connectivity index (χ3v) is 3.62. The molecule has 2 rings (SSSR count). The summed E-state index contributed by atoms with van der Waals surface area (Å²) in [6.07, 6.45) is -3.19. The predicted octanol–water partition coefficient (Wildman–Crippen LogP) is 0.785. The van der Waals surface area contributed by atoms with Gasteiger partial charge in [0.15, 0.2) is 5.54 Å². The molecule has 1 unspecified atom stereocenters. The molecule has 3 amide bonds. The topological polar surface area (TPSA) is 93.2 Å². The smallest absolute Gasteiger partial charge is 0.274 e. The molecule has 0 aromatic carbocycles. The van der Waals surface area contributed by atoms with Crippen LogP contribution in [0.3, 0.4) is 0 Å². The lowest BCUT2D eigenvalue weighted by Gasteiger charge is -2.30. The van der Waals surface area contributed by atoms with Gasteiger partial charge < -0.3 is 0 Å². The van der Waals surface area contributed by atoms with Crippen LogP contribution in [-0.4, -0.2) is 32.9 Å². The van der Waals surface area contributed by atoms with Crippen molar-refractivity contribution < 1.29 is 22.8 Å². The van der Waals surface area contributed by atoms with Crippen LogP contribution in [0, 0.1) is 6.92 Å². The molecule has 1 aromatic heterocycles. The van der Waals surface area contributed by atoms with Gasteiger partial charge in [0.1, 0.15) is 6.54 Å². The first-order valence-electron chi connectivity index (χ1n) is 6.13. The molecule has 21 heavy (non-hydrogen) atoms. The fraction of sp³-hybridized carbons (Fsp3) is 0.545. The first-order valence-corrected chi connectivity index (χ1v) is 6.13. The highest BCUT2D eigenvalue weighted by Crippen LogP contribution is 2.36. The Kier molecular flexibility index (Phi) is 3.44. The van der Waals surface area contributed by atoms with E-state index in [9.17, 15) is 22.8 Å². The van der Waals surface area contributed by atoms with E-state index in [1.807, 2.05) is 0 Å². The van der Waals surface area contributed by atoms with Gasteiger partial charge in [0.2, 0.25) is 0 Å². The van der Waals surface area contributed by atoms with Gasteiger partial charge in [-0.05, 0) is 13.3 Å². The molecule has 1 aliphatic heterocycles. The molecular weight excluding hydrogens is 291 g/mol. The van der Waals surface area contributed by atoms with Crippen LogP contribution in [0.5, 0.6) is 0 Å². The number of nitrogens with one attached hydrogen (secondary N) is 1. The van der Waals surface area contributed by atoms with Crippen molar-refractivity contribution in [3.63, 3.8) is 0 Å². The number of carbonyl (C=O) groups excluding carboxylic acids is 2. The summed E-state index contributed by atoms with van der Waals surface area (Å²) in [4.78, 5) is 23.6. The number of aromatic nitrogens is 2. The molecule has 10 heteroatoms. The summed E-state index contributed by atoms with van der Waals surface area (Å²) >= 11 is 0. The molecule has 0 spiro atoms. The monoisotopic (exact) mass is 305 g/mol. The number of hydrazine groups is 1. The summed E-state index contributed by atoms with van der Waals surface area (Å²) in [5.74, 6) is 4.96. The van der Waals surface area contributed by atoms with Gasteiger partial charge in [-0.3, -0.25) is 14.8 Å². The Labute approximate surface area is 117 Å². The average Bonchev–Trinajstić information content (AvgIpc) is 2.80. The van der Waals surface area contributed by atoms with Crippen molar-refractivity contribution in [2.75, 3.05) is 0 Å². The van der Waals surface area contributed by atoms with Gasteiger partial charge in [-0.2, -0.15) is 18.3 Å². The number of nitrogens with zero attached hydrogens (tertiary/aromatic N) is 3. The number of amides is 3. The molecule has 1 saturated heterocycles. The maximum atomic E-state index is 12.5. The molecule has 1 atom stereocenters. The number of urea groups is 1. The zero-order valence-electron chi connectivity index (χ0n) is 11.4. The van der Waals surface area contributed by atoms with Crippen LogP contribution in [0.25, 0.3) is 0 Å². The zero-order valence-corrected chi connectivity index (χ0v) is 11.4. The second-order valence-electron chi connectivity index (χ2n) is 4.76. The Hall–Kier alpha value is -2.10. The Bertz CT molecular complexity index is 597. The molecule has 7 nitrogen and oxygen atoms in total. The molecule has 2 heterocycles. The van der Waals surface area contributed by atoms with Crippen LogP contribution in [-0.2, 0) is 16.9 Å². The highest BCUT2D eigenvalue weighted by molar-refractivity contribution is 6.07. The summed E-state index contributed by atoms with van der Waals surface area (Å²) in [6.45, 7) is 1.73. The van der Waals surface area contributed by atoms with Crippen LogP contribution < -0.4 is 11.2 Å². The number of nitrogens with two attached hydrogens (primary N) is 1. The lowest BCUT2D eigenvalue weighted by Crippen LogP contribution is -2.50. The number of hydrogen-bond acceptors (Lipinski definition) is 4. The Balaban J connectivity index is 2.50. The molecule has 0 radical (unpaired) electrons. The molecule has 0 aliphatic carbocycles. The standard InChI is InChI=1S/C11H14F3N5O2/c1-3-10(8(20)17-9(21)19(10)15)7-4-16-18(6(7)2)5-11(12,13)14/h4H,3,5,15H2,1-2H3,(H,17,20,21). The second-order valence-corrected chi connectivity index (χ2v) is 4.76. The third-order valence-electron chi connectivity index (χ3n) is 3.62. The normalized spacial score (nSPS) is 22.9. The molecule has 1 fully saturated rings. The molecule has 1 aliphatic rings. The average molecular weight is 305 g/mol. The minimum absolute atomic E-state index is 0.111. The van der Waals surface area contributed by atoms with E-state index >= 15 is 0 Å². The lowest BCUT2D eigenvalue weighted by molar-refractivity contribution is -0.142. The predicted molar refractivity (Wildman–Crippen MR) is 64.6 cm³/mol. The highest BCUT2D eigenvalue weighted by atomic mass is 19.4. The first-order chi connectivity index (χ1) is 9.63. The Morgan fingerprint density at radius 3 is 2.48 bits per heavy atom. The SMILES string of the molecule is CCC1(c2cnn(CC(F)(F)F)c2C)C(=O)NC(=O)N1N. The maximum absolute atomic E-state index is 12.5. The van der Waals surface area contributed by atoms with Crippen molar-refractivity contribution in [1.29, 1.82) is 0 Å². The van der Waals surface area contributed by atoms with E-state index in [0.717, 1.165) is 10.9 Å². The van der Waals surface area contributed by atoms with Crippen molar-refractivity contribution in [3.8, 4) is 0 Å². The van der Waals surface area contributed by atoms with E-state index in [-0.39, 0.29) is 17.7 Å². The number of halogens is 3. The number of hydrogen-bond donors (Lipinski definition) is 2. The van der Waals surface area contributed by atoms with Crippen LogP contribution in [0.2, 0.25) is 0 Å². The number of carbonyl (C=O) groups is 2. The number of imide groups is 1. The Morgan fingerprint density at radius 1 is 1.43 bits per heavy atom. The van der Waals surface area contributed by atoms with E-state index in [2.05, 4.69) is 10.4 Å². The van der Waals surface area contributed by atoms with Gasteiger partial charge in [-0.25, -0.2) is 15.6 Å². The maximum Gasteiger partial charge on any atom is 0.408 e. The number of rotatable bonds is 3. The largest absolute Gasteiger partial charge is 0.408 e. The van der Waals surface area contributed by atoms with Crippen molar-refractivity contribution >= 4 is 11.9 Å². The zero-order chi connectivity index (χ0) is 16.0. The van der Waals surface area contributed by atoms with Gasteiger partial charge >= 0.3 is 12.2 Å². The highest BCUT2D eigenvalue weighted by Gasteiger charge is 2.53. The van der Waals surface area contributed by atoms with Gasteiger partial charge in [-0.15, -0.1) is 0 Å². The summed E-state index contributed by atoms with van der Waals surface area (Å²) in [7, 11) is 0.